The predicted octanol–water partition coefficient (Wildman–Crippen LogP) is 10.4. The third-order valence-corrected chi connectivity index (χ3v) is 5.90. The number of hydrogen-bond donors (Lipinski definition) is 0. The van der Waals surface area contributed by atoms with Crippen LogP contribution in [0.1, 0.15) is 113 Å². The molecule has 0 aromatic rings. The van der Waals surface area contributed by atoms with Crippen molar-refractivity contribution >= 4 is 0 Å². The van der Waals surface area contributed by atoms with E-state index in [0.717, 1.165) is 18.8 Å². The predicted molar refractivity (Wildman–Crippen MR) is 140 cm³/mol. The van der Waals surface area contributed by atoms with Gasteiger partial charge in [-0.2, -0.15) is 0 Å². The second-order valence-electron chi connectivity index (χ2n) is 10.1. The van der Waals surface area contributed by atoms with Crippen molar-refractivity contribution in [1.29, 1.82) is 0 Å². The fourth-order valence-electron chi connectivity index (χ4n) is 3.78. The standard InChI is InChI=1S/C30H52/c1-10-14-28(8)23-30(29(9)20-12-16-25(4)5)22-21-27(7)19-13-18-26(6)17-11-15-24(2)3/h10,15,18,21,23,25,28-29H,1,11-14,16-17,19-20,22H2,2-9H3/b26-18+,27-21+,30-23+. The molecule has 0 aliphatic rings. The molecule has 0 radical (unpaired) electrons. The average molecular weight is 413 g/mol. The highest BCUT2D eigenvalue weighted by molar-refractivity contribution is 5.15. The average Bonchev–Trinajstić information content (AvgIpc) is 2.64. The zero-order valence-corrected chi connectivity index (χ0v) is 21.7. The summed E-state index contributed by atoms with van der Waals surface area (Å²) < 4.78 is 0. The van der Waals surface area contributed by atoms with Gasteiger partial charge in [0.1, 0.15) is 0 Å². The van der Waals surface area contributed by atoms with Crippen molar-refractivity contribution in [1.82, 2.24) is 0 Å². The zero-order chi connectivity index (χ0) is 22.9. The van der Waals surface area contributed by atoms with Gasteiger partial charge in [-0.15, -0.1) is 6.58 Å². The van der Waals surface area contributed by atoms with Gasteiger partial charge in [-0.05, 0) is 90.4 Å². The van der Waals surface area contributed by atoms with E-state index in [1.165, 1.54) is 61.7 Å². The van der Waals surface area contributed by atoms with Crippen LogP contribution < -0.4 is 0 Å². The lowest BCUT2D eigenvalue weighted by Crippen LogP contribution is -2.03. The van der Waals surface area contributed by atoms with Gasteiger partial charge < -0.3 is 0 Å². The van der Waals surface area contributed by atoms with E-state index in [0.29, 0.717) is 11.8 Å². The van der Waals surface area contributed by atoms with E-state index in [1.807, 2.05) is 0 Å². The van der Waals surface area contributed by atoms with Gasteiger partial charge in [0, 0.05) is 0 Å². The minimum absolute atomic E-state index is 0.588. The maximum atomic E-state index is 3.92. The molecule has 0 aliphatic carbocycles. The first-order valence-electron chi connectivity index (χ1n) is 12.4. The van der Waals surface area contributed by atoms with E-state index in [9.17, 15) is 0 Å². The van der Waals surface area contributed by atoms with Crippen LogP contribution in [0.15, 0.2) is 59.3 Å². The van der Waals surface area contributed by atoms with Crippen LogP contribution in [-0.2, 0) is 0 Å². The molecule has 0 nitrogen and oxygen atoms in total. The molecule has 0 saturated heterocycles. The molecule has 0 N–H and O–H groups in total. The third-order valence-electron chi connectivity index (χ3n) is 5.90. The van der Waals surface area contributed by atoms with Crippen molar-refractivity contribution in [2.24, 2.45) is 17.8 Å². The zero-order valence-electron chi connectivity index (χ0n) is 21.7. The molecule has 0 bridgehead atoms. The third kappa shape index (κ3) is 16.5. The highest BCUT2D eigenvalue weighted by Gasteiger charge is 2.10. The summed E-state index contributed by atoms with van der Waals surface area (Å²) in [5.41, 5.74) is 6.10. The van der Waals surface area contributed by atoms with Gasteiger partial charge in [0.25, 0.3) is 0 Å². The Labute approximate surface area is 190 Å². The maximum Gasteiger partial charge on any atom is -0.0133 e. The molecular formula is C30H52. The number of allylic oxidation sites excluding steroid dienone is 9. The Bertz CT molecular complexity index is 575. The van der Waals surface area contributed by atoms with E-state index < -0.39 is 0 Å². The summed E-state index contributed by atoms with van der Waals surface area (Å²) in [4.78, 5) is 0. The van der Waals surface area contributed by atoms with Crippen molar-refractivity contribution in [3.8, 4) is 0 Å². The van der Waals surface area contributed by atoms with Gasteiger partial charge in [-0.25, -0.2) is 0 Å². The van der Waals surface area contributed by atoms with Crippen LogP contribution in [-0.4, -0.2) is 0 Å². The van der Waals surface area contributed by atoms with Gasteiger partial charge in [0.15, 0.2) is 0 Å². The molecule has 0 amide bonds. The first kappa shape index (κ1) is 28.7. The summed E-state index contributed by atoms with van der Waals surface area (Å²) in [6.07, 6.45) is 22.7. The lowest BCUT2D eigenvalue weighted by atomic mass is 9.88. The molecule has 0 fully saturated rings. The van der Waals surface area contributed by atoms with E-state index in [2.05, 4.69) is 92.3 Å². The highest BCUT2D eigenvalue weighted by Crippen LogP contribution is 2.26. The van der Waals surface area contributed by atoms with E-state index in [1.54, 1.807) is 5.57 Å². The molecule has 2 atom stereocenters. The summed E-state index contributed by atoms with van der Waals surface area (Å²) in [7, 11) is 0. The number of hydrogen-bond acceptors (Lipinski definition) is 0. The summed E-state index contributed by atoms with van der Waals surface area (Å²) in [6, 6.07) is 0. The molecule has 0 aliphatic heterocycles. The Morgan fingerprint density at radius 3 is 1.97 bits per heavy atom. The normalized spacial score (nSPS) is 15.3. The van der Waals surface area contributed by atoms with Crippen molar-refractivity contribution in [3.05, 3.63) is 59.3 Å². The fourth-order valence-corrected chi connectivity index (χ4v) is 3.78. The van der Waals surface area contributed by atoms with Crippen LogP contribution in [0, 0.1) is 17.8 Å². The van der Waals surface area contributed by atoms with Crippen LogP contribution in [0.4, 0.5) is 0 Å². The SMILES string of the molecule is C=CCC(C)/C=C(\C/C=C(\C)CC/C=C(\C)CCC=C(C)C)C(C)CCCC(C)C. The Balaban J connectivity index is 4.78. The number of rotatable bonds is 16. The van der Waals surface area contributed by atoms with Gasteiger partial charge in [-0.1, -0.05) is 93.2 Å². The van der Waals surface area contributed by atoms with Crippen molar-refractivity contribution in [2.75, 3.05) is 0 Å². The molecule has 2 unspecified atom stereocenters. The van der Waals surface area contributed by atoms with Crippen LogP contribution in [0.2, 0.25) is 0 Å². The Morgan fingerprint density at radius 1 is 0.800 bits per heavy atom. The van der Waals surface area contributed by atoms with Gasteiger partial charge in [0.2, 0.25) is 0 Å². The van der Waals surface area contributed by atoms with Gasteiger partial charge in [-0.3, -0.25) is 0 Å². The minimum Gasteiger partial charge on any atom is -0.103 e. The topological polar surface area (TPSA) is 0 Å². The van der Waals surface area contributed by atoms with Crippen molar-refractivity contribution in [3.63, 3.8) is 0 Å². The summed E-state index contributed by atoms with van der Waals surface area (Å²) in [6.45, 7) is 22.3. The Kier molecular flexibility index (Phi) is 16.6. The summed E-state index contributed by atoms with van der Waals surface area (Å²) in [5.74, 6) is 2.08. The highest BCUT2D eigenvalue weighted by atomic mass is 14.2. The molecule has 30 heavy (non-hydrogen) atoms. The lowest BCUT2D eigenvalue weighted by molar-refractivity contribution is 0.486. The Morgan fingerprint density at radius 2 is 1.40 bits per heavy atom. The second kappa shape index (κ2) is 17.4. The van der Waals surface area contributed by atoms with Crippen LogP contribution in [0.5, 0.6) is 0 Å². The quantitative estimate of drug-likeness (QED) is 0.221. The summed E-state index contributed by atoms with van der Waals surface area (Å²) >= 11 is 0. The minimum atomic E-state index is 0.588. The molecule has 0 heteroatoms. The first-order chi connectivity index (χ1) is 14.1. The van der Waals surface area contributed by atoms with Crippen LogP contribution in [0.3, 0.4) is 0 Å². The van der Waals surface area contributed by atoms with E-state index in [-0.39, 0.29) is 0 Å². The molecule has 0 rings (SSSR count). The molecule has 172 valence electrons. The first-order valence-corrected chi connectivity index (χ1v) is 12.4. The van der Waals surface area contributed by atoms with E-state index >= 15 is 0 Å². The van der Waals surface area contributed by atoms with Crippen LogP contribution in [0.25, 0.3) is 0 Å². The molecule has 0 heterocycles. The molecule has 0 aromatic heterocycles. The van der Waals surface area contributed by atoms with Gasteiger partial charge >= 0.3 is 0 Å². The smallest absolute Gasteiger partial charge is 0.0133 e. The monoisotopic (exact) mass is 412 g/mol. The lowest BCUT2D eigenvalue weighted by Gasteiger charge is -2.18. The van der Waals surface area contributed by atoms with E-state index in [4.69, 9.17) is 0 Å². The molecule has 0 spiro atoms. The second-order valence-corrected chi connectivity index (χ2v) is 10.1. The summed E-state index contributed by atoms with van der Waals surface area (Å²) in [5, 5.41) is 0. The largest absolute Gasteiger partial charge is 0.103 e. The fraction of sp³-hybridized carbons (Fsp3) is 0.667. The van der Waals surface area contributed by atoms with Gasteiger partial charge in [0.05, 0.1) is 0 Å². The maximum absolute atomic E-state index is 3.92. The Hall–Kier alpha value is -1.30. The van der Waals surface area contributed by atoms with Crippen LogP contribution >= 0.6 is 0 Å². The molecule has 0 aromatic carbocycles. The van der Waals surface area contributed by atoms with Crippen molar-refractivity contribution in [2.45, 2.75) is 113 Å². The van der Waals surface area contributed by atoms with Crippen molar-refractivity contribution < 1.29 is 0 Å². The molecule has 0 saturated carbocycles. The molecular weight excluding hydrogens is 360 g/mol.